The maximum absolute atomic E-state index is 13.3. The minimum absolute atomic E-state index is 0.0184. The topological polar surface area (TPSA) is 94.9 Å². The highest BCUT2D eigenvalue weighted by Crippen LogP contribution is 2.44. The number of aliphatic carboxylic acids is 1. The van der Waals surface area contributed by atoms with Crippen LogP contribution < -0.4 is 10.2 Å². The first kappa shape index (κ1) is 20.1. The quantitative estimate of drug-likeness (QED) is 0.660. The molecule has 3 heterocycles. The fourth-order valence-electron chi connectivity index (χ4n) is 4.97. The number of benzene rings is 2. The number of para-hydroxylation sites is 2. The van der Waals surface area contributed by atoms with Gasteiger partial charge in [-0.25, -0.2) is 0 Å². The summed E-state index contributed by atoms with van der Waals surface area (Å²) in [7, 11) is 1.96. The average Bonchev–Trinajstić information content (AvgIpc) is 3.10. The Kier molecular flexibility index (Phi) is 4.65. The Morgan fingerprint density at radius 3 is 2.66 bits per heavy atom. The third kappa shape index (κ3) is 2.94. The number of nitrogens with one attached hydrogen (secondary N) is 1. The Bertz CT molecular complexity index is 1260. The fraction of sp³-hybridized carbons (Fsp3) is 0.292. The summed E-state index contributed by atoms with van der Waals surface area (Å²) in [6.07, 6.45) is 0.340. The van der Waals surface area contributed by atoms with Gasteiger partial charge in [0.1, 0.15) is 18.8 Å². The largest absolute Gasteiger partial charge is 0.480 e. The number of aromatic nitrogens is 1. The number of amides is 2. The van der Waals surface area contributed by atoms with Gasteiger partial charge in [-0.2, -0.15) is 0 Å². The molecule has 0 unspecified atom stereocenters. The molecule has 2 amide bonds. The van der Waals surface area contributed by atoms with Crippen LogP contribution in [0.5, 0.6) is 0 Å². The Balaban J connectivity index is 1.64. The summed E-state index contributed by atoms with van der Waals surface area (Å²) in [5.74, 6) is -1.49. The molecule has 0 saturated carbocycles. The number of fused-ring (bicyclic) bond motifs is 6. The molecule has 0 bridgehead atoms. The Morgan fingerprint density at radius 2 is 1.88 bits per heavy atom. The van der Waals surface area contributed by atoms with Crippen molar-refractivity contribution in [1.82, 2.24) is 14.8 Å². The van der Waals surface area contributed by atoms with Gasteiger partial charge in [0.15, 0.2) is 0 Å². The van der Waals surface area contributed by atoms with Gasteiger partial charge in [-0.3, -0.25) is 14.4 Å². The SMILES string of the molecule is C[C@H](NC(=O)Cn1c2c(c3ccccc31)CCN1C(=O)c3ccccc3N(C)[C@@H]21)C(=O)O. The van der Waals surface area contributed by atoms with E-state index < -0.39 is 12.0 Å². The lowest BCUT2D eigenvalue weighted by atomic mass is 9.96. The van der Waals surface area contributed by atoms with Crippen molar-refractivity contribution in [3.8, 4) is 0 Å². The van der Waals surface area contributed by atoms with Gasteiger partial charge in [-0.05, 0) is 37.1 Å². The summed E-state index contributed by atoms with van der Waals surface area (Å²) in [6.45, 7) is 2.00. The highest BCUT2D eigenvalue weighted by Gasteiger charge is 2.42. The van der Waals surface area contributed by atoms with E-state index in [9.17, 15) is 14.4 Å². The van der Waals surface area contributed by atoms with Crippen LogP contribution in [-0.2, 0) is 22.6 Å². The van der Waals surface area contributed by atoms with E-state index in [0.29, 0.717) is 18.5 Å². The van der Waals surface area contributed by atoms with Gasteiger partial charge >= 0.3 is 5.97 Å². The summed E-state index contributed by atoms with van der Waals surface area (Å²) in [5.41, 5.74) is 4.45. The summed E-state index contributed by atoms with van der Waals surface area (Å²) in [4.78, 5) is 41.2. The van der Waals surface area contributed by atoms with E-state index >= 15 is 0 Å². The molecule has 0 saturated heterocycles. The van der Waals surface area contributed by atoms with E-state index in [-0.39, 0.29) is 24.5 Å². The van der Waals surface area contributed by atoms with Crippen molar-refractivity contribution >= 4 is 34.4 Å². The number of carboxylic acid groups (broad SMARTS) is 1. The number of carboxylic acids is 1. The third-order valence-electron chi connectivity index (χ3n) is 6.45. The molecular formula is C24H24N4O4. The van der Waals surface area contributed by atoms with Crippen molar-refractivity contribution in [3.63, 3.8) is 0 Å². The molecule has 2 aliphatic rings. The summed E-state index contributed by atoms with van der Waals surface area (Å²) >= 11 is 0. The molecule has 5 rings (SSSR count). The van der Waals surface area contributed by atoms with Gasteiger partial charge in [0.2, 0.25) is 5.91 Å². The minimum Gasteiger partial charge on any atom is -0.480 e. The van der Waals surface area contributed by atoms with Gasteiger partial charge in [0.25, 0.3) is 5.91 Å². The van der Waals surface area contributed by atoms with Crippen molar-refractivity contribution in [1.29, 1.82) is 0 Å². The summed E-state index contributed by atoms with van der Waals surface area (Å²) in [5, 5.41) is 12.8. The van der Waals surface area contributed by atoms with Crippen molar-refractivity contribution < 1.29 is 19.5 Å². The average molecular weight is 432 g/mol. The molecule has 164 valence electrons. The smallest absolute Gasteiger partial charge is 0.325 e. The number of rotatable bonds is 4. The molecular weight excluding hydrogens is 408 g/mol. The number of carbonyl (C=O) groups is 3. The highest BCUT2D eigenvalue weighted by molar-refractivity contribution is 6.02. The molecule has 8 nitrogen and oxygen atoms in total. The molecule has 0 radical (unpaired) electrons. The molecule has 3 aromatic rings. The van der Waals surface area contributed by atoms with Gasteiger partial charge in [0.05, 0.1) is 16.9 Å². The van der Waals surface area contributed by atoms with Crippen LogP contribution >= 0.6 is 0 Å². The van der Waals surface area contributed by atoms with E-state index in [0.717, 1.165) is 27.8 Å². The van der Waals surface area contributed by atoms with Crippen LogP contribution in [-0.4, -0.2) is 52.0 Å². The third-order valence-corrected chi connectivity index (χ3v) is 6.45. The van der Waals surface area contributed by atoms with Crippen LogP contribution in [0.25, 0.3) is 10.9 Å². The highest BCUT2D eigenvalue weighted by atomic mass is 16.4. The lowest BCUT2D eigenvalue weighted by Gasteiger charge is -2.46. The first-order chi connectivity index (χ1) is 15.4. The molecule has 0 fully saturated rings. The fourth-order valence-corrected chi connectivity index (χ4v) is 4.97. The van der Waals surface area contributed by atoms with E-state index in [2.05, 4.69) is 10.2 Å². The second-order valence-corrected chi connectivity index (χ2v) is 8.34. The van der Waals surface area contributed by atoms with Gasteiger partial charge < -0.3 is 24.8 Å². The molecule has 8 heteroatoms. The number of hydrogen-bond acceptors (Lipinski definition) is 4. The minimum atomic E-state index is -1.09. The zero-order chi connectivity index (χ0) is 22.6. The molecule has 2 aliphatic heterocycles. The zero-order valence-electron chi connectivity index (χ0n) is 17.9. The second-order valence-electron chi connectivity index (χ2n) is 8.34. The first-order valence-corrected chi connectivity index (χ1v) is 10.6. The van der Waals surface area contributed by atoms with E-state index in [1.54, 1.807) is 0 Å². The molecule has 1 aromatic heterocycles. The van der Waals surface area contributed by atoms with Crippen LogP contribution in [0.1, 0.15) is 34.7 Å². The maximum Gasteiger partial charge on any atom is 0.325 e. The monoisotopic (exact) mass is 432 g/mol. The molecule has 2 N–H and O–H groups in total. The van der Waals surface area contributed by atoms with Crippen LogP contribution in [0.2, 0.25) is 0 Å². The van der Waals surface area contributed by atoms with Gasteiger partial charge in [0, 0.05) is 24.5 Å². The molecule has 32 heavy (non-hydrogen) atoms. The van der Waals surface area contributed by atoms with Crippen LogP contribution in [0.15, 0.2) is 48.5 Å². The van der Waals surface area contributed by atoms with E-state index in [4.69, 9.17) is 5.11 Å². The summed E-state index contributed by atoms with van der Waals surface area (Å²) < 4.78 is 1.93. The Labute approximate surface area is 185 Å². The van der Waals surface area contributed by atoms with E-state index in [1.165, 1.54) is 6.92 Å². The molecule has 2 aromatic carbocycles. The van der Waals surface area contributed by atoms with Gasteiger partial charge in [-0.15, -0.1) is 0 Å². The first-order valence-electron chi connectivity index (χ1n) is 10.6. The molecule has 0 aliphatic carbocycles. The molecule has 2 atom stereocenters. The number of carbonyl (C=O) groups excluding carboxylic acids is 2. The number of nitrogens with zero attached hydrogens (tertiary/aromatic N) is 3. The van der Waals surface area contributed by atoms with Crippen molar-refractivity contribution in [3.05, 3.63) is 65.4 Å². The van der Waals surface area contributed by atoms with Crippen LogP contribution in [0.4, 0.5) is 5.69 Å². The normalized spacial score (nSPS) is 18.1. The summed E-state index contributed by atoms with van der Waals surface area (Å²) in [6, 6.07) is 14.5. The maximum atomic E-state index is 13.3. The molecule has 0 spiro atoms. The van der Waals surface area contributed by atoms with Gasteiger partial charge in [-0.1, -0.05) is 30.3 Å². The lowest BCUT2D eigenvalue weighted by Crippen LogP contribution is -2.51. The Hall–Kier alpha value is -3.81. The number of hydrogen-bond donors (Lipinski definition) is 2. The van der Waals surface area contributed by atoms with Crippen LogP contribution in [0, 0.1) is 0 Å². The van der Waals surface area contributed by atoms with E-state index in [1.807, 2.05) is 65.0 Å². The second kappa shape index (κ2) is 7.40. The van der Waals surface area contributed by atoms with Crippen molar-refractivity contribution in [2.45, 2.75) is 32.1 Å². The van der Waals surface area contributed by atoms with Crippen molar-refractivity contribution in [2.24, 2.45) is 0 Å². The predicted molar refractivity (Wildman–Crippen MR) is 120 cm³/mol. The number of anilines is 1. The zero-order valence-corrected chi connectivity index (χ0v) is 17.9. The lowest BCUT2D eigenvalue weighted by molar-refractivity contribution is -0.141. The Morgan fingerprint density at radius 1 is 1.16 bits per heavy atom. The van der Waals surface area contributed by atoms with Crippen LogP contribution in [0.3, 0.4) is 0 Å². The van der Waals surface area contributed by atoms with Crippen molar-refractivity contribution in [2.75, 3.05) is 18.5 Å². The standard InChI is InChI=1S/C24H24N4O4/c1-14(24(31)32)25-20(29)13-28-19-10-6-3-7-15(19)16-11-12-27-22(21(16)28)26(2)18-9-5-4-8-17(18)23(27)30/h3-10,14,22H,11-13H2,1-2H3,(H,25,29)(H,31,32)/t14-,22+/m0/s1. The predicted octanol–water partition coefficient (Wildman–Crippen LogP) is 2.38.